The number of carbonyl (C=O) groups excluding carboxylic acids is 7. The fraction of sp³-hybridized carbons (Fsp3) is 0.592. The summed E-state index contributed by atoms with van der Waals surface area (Å²) in [5.41, 5.74) is 4.81. The minimum absolute atomic E-state index is 0.00565. The van der Waals surface area contributed by atoms with Crippen molar-refractivity contribution in [2.75, 3.05) is 190 Å². The molecule has 5 aliphatic heterocycles. The van der Waals surface area contributed by atoms with Crippen LogP contribution in [-0.4, -0.2) is 321 Å². The molecule has 3 fully saturated rings. The van der Waals surface area contributed by atoms with Gasteiger partial charge >= 0.3 is 18.0 Å². The molecule has 1 spiro atoms. The van der Waals surface area contributed by atoms with Gasteiger partial charge in [0.15, 0.2) is 11.7 Å². The van der Waals surface area contributed by atoms with E-state index in [9.17, 15) is 73.8 Å². The lowest BCUT2D eigenvalue weighted by molar-refractivity contribution is -0.271. The van der Waals surface area contributed by atoms with E-state index in [1.54, 1.807) is 27.0 Å². The molecule has 2 aliphatic carbocycles. The van der Waals surface area contributed by atoms with Gasteiger partial charge in [0.1, 0.15) is 55.4 Å². The zero-order valence-corrected chi connectivity index (χ0v) is 82.1. The van der Waals surface area contributed by atoms with Crippen LogP contribution in [0, 0.1) is 24.1 Å². The first-order chi connectivity index (χ1) is 69.9. The average molecular weight is 2020 g/mol. The van der Waals surface area contributed by atoms with Gasteiger partial charge in [-0.2, -0.15) is 0 Å². The molecule has 7 aliphatic rings. The number of pyridine rings is 2. The lowest BCUT2D eigenvalue weighted by atomic mass is 9.65. The number of aliphatic hydroxyl groups is 5. The molecule has 1 saturated carbocycles. The van der Waals surface area contributed by atoms with Crippen molar-refractivity contribution in [2.24, 2.45) is 11.3 Å². The van der Waals surface area contributed by atoms with E-state index in [2.05, 4.69) is 32.7 Å². The number of carboxylic acids is 1. The number of halogens is 1. The number of nitrogens with zero attached hydrogens (tertiary/aromatic N) is 4. The summed E-state index contributed by atoms with van der Waals surface area (Å²) in [5.74, 6) is -5.18. The van der Waals surface area contributed by atoms with Crippen molar-refractivity contribution in [2.45, 2.75) is 198 Å². The van der Waals surface area contributed by atoms with Gasteiger partial charge in [-0.3, -0.25) is 34.1 Å². The smallest absolute Gasteiger partial charge is 0.407 e. The van der Waals surface area contributed by atoms with E-state index < -0.39 is 114 Å². The number of hydrogen-bond donors (Lipinski definition) is 11. The van der Waals surface area contributed by atoms with Crippen LogP contribution in [0.1, 0.15) is 164 Å². The van der Waals surface area contributed by atoms with Crippen LogP contribution in [0.2, 0.25) is 0 Å². The Morgan fingerprint density at radius 1 is 0.639 bits per heavy atom. The number of piperidine rings is 1. The third-order valence-corrected chi connectivity index (χ3v) is 27.2. The van der Waals surface area contributed by atoms with E-state index in [0.29, 0.717) is 236 Å². The van der Waals surface area contributed by atoms with Crippen molar-refractivity contribution in [3.8, 4) is 17.1 Å². The number of alkyl carbamates (subject to hydrolysis) is 1. The highest BCUT2D eigenvalue weighted by atomic mass is 19.1. The average Bonchev–Trinajstić information content (AvgIpc) is 1.43. The first kappa shape index (κ1) is 111. The fourth-order valence-corrected chi connectivity index (χ4v) is 18.9. The van der Waals surface area contributed by atoms with Crippen LogP contribution in [-0.2, 0) is 149 Å². The standard InChI is InChI=1S/C103H138FN9O31/c1-4-103(128)76-58-82-90-74(63-113(82)97(123)75(76)65-141-100(103)126)89-78(21-20-73-66(2)77(104)59-79(108-90)88(73)89)110-101(127)142-64-67-17-22-83(143-99-93(120)91(118)92(119)94(144-99)98(124)125)72(57-67)60-106-84(114)25-31-105-96(122)80(61-107-85(115)26-34-130-37-38-132-41-42-134-45-46-136-49-50-138-53-54-140-56-55-139-52-51-137-48-47-135-44-43-133-40-39-131-36-35-129-3)109-95(121)70-23-27-102(28-24-70)29-32-111(33-30-102)86(116)15-9-10-16-87(117)112-62-71-13-6-5-11-68(71)18-19-69-12-7-8-14-81(69)112/h5-8,11-14,17-19,22,57-59,70,78,80,84,91-94,99,106,114,118-120,128H,4,9-10,15-16,20-21,23-56,60-65H2,1-3H3,(H,105,122)(H,107,115)(H,109,121)(H,110,127)(H,124,125)/b19-18-/t78-,80-,84?,91-,92-,93+,94-,99+,103-/m0/s1. The van der Waals surface area contributed by atoms with E-state index in [1.807, 2.05) is 64.4 Å². The molecular weight excluding hydrogens is 1880 g/mol. The summed E-state index contributed by atoms with van der Waals surface area (Å²) in [4.78, 5) is 132. The van der Waals surface area contributed by atoms with Crippen LogP contribution in [0.3, 0.4) is 0 Å². The number of ether oxygens (including phenoxy) is 16. The van der Waals surface area contributed by atoms with Crippen molar-refractivity contribution < 1.29 is 149 Å². The zero-order valence-electron chi connectivity index (χ0n) is 82.1. The van der Waals surface area contributed by atoms with Gasteiger partial charge in [0.25, 0.3) is 5.56 Å². The molecule has 0 bridgehead atoms. The Morgan fingerprint density at radius 3 is 1.83 bits per heavy atom. The maximum absolute atomic E-state index is 15.8. The predicted molar refractivity (Wildman–Crippen MR) is 518 cm³/mol. The van der Waals surface area contributed by atoms with Crippen molar-refractivity contribution in [1.82, 2.24) is 41.0 Å². The highest BCUT2D eigenvalue weighted by molar-refractivity contribution is 5.98. The van der Waals surface area contributed by atoms with Crippen LogP contribution in [0.5, 0.6) is 5.75 Å². The summed E-state index contributed by atoms with van der Waals surface area (Å²) in [5, 5.41) is 80.3. The maximum atomic E-state index is 15.8. The number of aryl methyl sites for hydroxylation is 1. The monoisotopic (exact) mass is 2020 g/mol. The quantitative estimate of drug-likeness (QED) is 0.0127. The molecule has 2 aromatic heterocycles. The number of anilines is 1. The lowest BCUT2D eigenvalue weighted by Crippen LogP contribution is -2.61. The molecule has 9 atom stereocenters. The molecule has 144 heavy (non-hydrogen) atoms. The number of unbranched alkanes of at least 4 members (excludes halogenated alkanes) is 1. The number of rotatable bonds is 59. The van der Waals surface area contributed by atoms with E-state index in [4.69, 9.17) is 80.8 Å². The number of methoxy groups -OCH3 is 1. The molecular formula is C103H138FN9O31. The van der Waals surface area contributed by atoms with Crippen LogP contribution < -0.4 is 41.8 Å². The number of aromatic nitrogens is 2. The Morgan fingerprint density at radius 2 is 1.22 bits per heavy atom. The molecule has 13 rings (SSSR count). The molecule has 6 aromatic rings. The summed E-state index contributed by atoms with van der Waals surface area (Å²) < 4.78 is 106. The molecule has 11 N–H and O–H groups in total. The number of aliphatic hydroxyl groups excluding tert-OH is 4. The SMILES string of the molecule is CC[C@@]1(O)C(=O)OCc2c1cc1n(c2=O)Cc2c-1nc1cc(F)c(C)c3c1c2[C@@H](NC(=O)OCc1ccc(O[C@@H]2O[C@H](C(=O)O)[C@@H](O)[C@H](O)[C@H]2O)c(CNC(O)CCNC(=O)[C@H](CNC(=O)CCOCCOCCOCCOCCOCCOCCOCCOCCOCCOCCOCCOC)NC(=O)C2CCC4(CC2)CCN(C(=O)CCCCC(=O)N2Cc5ccccc5/C=C\c5ccccc52)CC4)c1)CC3. The lowest BCUT2D eigenvalue weighted by Gasteiger charge is -2.45. The predicted octanol–water partition coefficient (Wildman–Crippen LogP) is 5.52. The molecule has 7 heterocycles. The van der Waals surface area contributed by atoms with Gasteiger partial charge in [0.2, 0.25) is 35.8 Å². The Hall–Kier alpha value is -10.5. The molecule has 4 aromatic carbocycles. The number of carboxylic acid groups (broad SMARTS) is 1. The molecule has 0 radical (unpaired) electrons. The number of amides is 6. The van der Waals surface area contributed by atoms with E-state index in [-0.39, 0.29) is 141 Å². The number of nitrogens with one attached hydrogen (secondary N) is 5. The number of hydrogen-bond acceptors (Lipinski definition) is 32. The molecule has 41 heteroatoms. The highest BCUT2D eigenvalue weighted by Gasteiger charge is 2.50. The molecule has 40 nitrogen and oxygen atoms in total. The van der Waals surface area contributed by atoms with E-state index >= 15 is 4.39 Å². The van der Waals surface area contributed by atoms with Crippen LogP contribution in [0.4, 0.5) is 14.9 Å². The Kier molecular flexibility index (Phi) is 43.0. The number of likely N-dealkylation sites (tertiary alicyclic amines) is 1. The van der Waals surface area contributed by atoms with E-state index in [1.165, 1.54) is 28.8 Å². The number of esters is 1. The first-order valence-electron chi connectivity index (χ1n) is 49.9. The molecule has 788 valence electrons. The van der Waals surface area contributed by atoms with Gasteiger partial charge in [-0.05, 0) is 146 Å². The van der Waals surface area contributed by atoms with Crippen molar-refractivity contribution in [3.63, 3.8) is 0 Å². The van der Waals surface area contributed by atoms with Gasteiger partial charge in [-0.1, -0.05) is 67.6 Å². The van der Waals surface area contributed by atoms with Gasteiger partial charge in [0.05, 0.1) is 199 Å². The minimum Gasteiger partial charge on any atom is -0.479 e. The number of fused-ring (bicyclic) bond motifs is 7. The Balaban J connectivity index is 0.560. The van der Waals surface area contributed by atoms with Gasteiger partial charge < -0.3 is 142 Å². The Bertz CT molecular complexity index is 5360. The normalized spacial score (nSPS) is 20.0. The van der Waals surface area contributed by atoms with Crippen molar-refractivity contribution in [3.05, 3.63) is 156 Å². The number of carbonyl (C=O) groups is 8. The summed E-state index contributed by atoms with van der Waals surface area (Å²) in [6, 6.07) is 21.0. The summed E-state index contributed by atoms with van der Waals surface area (Å²) >= 11 is 0. The van der Waals surface area contributed by atoms with Gasteiger partial charge in [-0.15, -0.1) is 0 Å². The topological polar surface area (TPSA) is 507 Å². The molecule has 1 unspecified atom stereocenters. The van der Waals surface area contributed by atoms with Crippen LogP contribution in [0.25, 0.3) is 34.4 Å². The van der Waals surface area contributed by atoms with Crippen LogP contribution in [0.15, 0.2) is 83.7 Å². The van der Waals surface area contributed by atoms with Gasteiger partial charge in [0, 0.05) is 99.6 Å². The van der Waals surface area contributed by atoms with Gasteiger partial charge in [-0.25, -0.2) is 23.8 Å². The maximum Gasteiger partial charge on any atom is 0.407 e. The summed E-state index contributed by atoms with van der Waals surface area (Å²) in [6.45, 7) is 12.2. The molecule has 2 saturated heterocycles. The second-order valence-corrected chi connectivity index (χ2v) is 36.7. The number of cyclic esters (lactones) is 1. The minimum atomic E-state index is -2.12. The van der Waals surface area contributed by atoms with Crippen molar-refractivity contribution >= 4 is 76.3 Å². The van der Waals surface area contributed by atoms with Crippen molar-refractivity contribution in [1.29, 1.82) is 0 Å². The number of benzene rings is 4. The fourth-order valence-electron chi connectivity index (χ4n) is 18.9. The zero-order chi connectivity index (χ0) is 102. The third-order valence-electron chi connectivity index (χ3n) is 27.2. The summed E-state index contributed by atoms with van der Waals surface area (Å²) in [7, 11) is 1.63. The highest BCUT2D eigenvalue weighted by Crippen LogP contribution is 2.49. The summed E-state index contributed by atoms with van der Waals surface area (Å²) in [6.07, 6.45) is -2.31. The molecule has 6 amide bonds. The number of para-hydroxylation sites is 1. The Labute approximate surface area is 835 Å². The largest absolute Gasteiger partial charge is 0.479 e. The van der Waals surface area contributed by atoms with Crippen LogP contribution >= 0.6 is 0 Å². The second-order valence-electron chi connectivity index (χ2n) is 36.7. The third kappa shape index (κ3) is 30.4. The second kappa shape index (κ2) is 55.9. The number of aliphatic carboxylic acids is 1. The first-order valence-corrected chi connectivity index (χ1v) is 49.9. The van der Waals surface area contributed by atoms with E-state index in [0.717, 1.165) is 35.2 Å².